The van der Waals surface area contributed by atoms with Gasteiger partial charge in [0.05, 0.1) is 5.41 Å². The molecule has 0 bridgehead atoms. The van der Waals surface area contributed by atoms with E-state index in [1.165, 1.54) is 25.7 Å². The number of aliphatic carboxylic acids is 1. The molecule has 1 amide bonds. The fourth-order valence-electron chi connectivity index (χ4n) is 3.90. The molecule has 2 rings (SSSR count). The van der Waals surface area contributed by atoms with Gasteiger partial charge in [0.15, 0.2) is 0 Å². The molecule has 0 aromatic rings. The molecule has 0 radical (unpaired) electrons. The summed E-state index contributed by atoms with van der Waals surface area (Å²) in [5, 5.41) is 9.51. The smallest absolute Gasteiger partial charge is 0.311 e. The number of piperidine rings is 1. The third-order valence-electron chi connectivity index (χ3n) is 5.50. The molecule has 1 saturated heterocycles. The molecule has 0 aromatic carbocycles. The molecular weight excluding hydrogens is 266 g/mol. The topological polar surface area (TPSA) is 57.6 Å². The molecule has 0 aromatic heterocycles. The Morgan fingerprint density at radius 3 is 2.38 bits per heavy atom. The van der Waals surface area contributed by atoms with E-state index in [-0.39, 0.29) is 5.91 Å². The highest BCUT2D eigenvalue weighted by Gasteiger charge is 2.42. The lowest BCUT2D eigenvalue weighted by atomic mass is 9.77. The van der Waals surface area contributed by atoms with E-state index in [2.05, 4.69) is 0 Å². The van der Waals surface area contributed by atoms with Crippen LogP contribution >= 0.6 is 0 Å². The average molecular weight is 295 g/mol. The highest BCUT2D eigenvalue weighted by atomic mass is 16.4. The van der Waals surface area contributed by atoms with Crippen LogP contribution in [-0.4, -0.2) is 35.0 Å². The lowest BCUT2D eigenvalue weighted by molar-refractivity contribution is -0.155. The third kappa shape index (κ3) is 3.98. The van der Waals surface area contributed by atoms with Gasteiger partial charge < -0.3 is 10.0 Å². The first kappa shape index (κ1) is 16.3. The molecule has 1 heterocycles. The van der Waals surface area contributed by atoms with Crippen molar-refractivity contribution in [1.82, 2.24) is 4.90 Å². The van der Waals surface area contributed by atoms with Crippen molar-refractivity contribution >= 4 is 11.9 Å². The van der Waals surface area contributed by atoms with Crippen LogP contribution in [-0.2, 0) is 9.59 Å². The van der Waals surface area contributed by atoms with Crippen LogP contribution in [0.15, 0.2) is 0 Å². The Morgan fingerprint density at radius 2 is 1.81 bits per heavy atom. The zero-order valence-electron chi connectivity index (χ0n) is 13.3. The molecule has 120 valence electrons. The second-order valence-corrected chi connectivity index (χ2v) is 6.92. The Labute approximate surface area is 127 Å². The molecule has 2 aliphatic rings. The summed E-state index contributed by atoms with van der Waals surface area (Å²) in [4.78, 5) is 25.9. The first-order valence-electron chi connectivity index (χ1n) is 8.58. The second-order valence-electron chi connectivity index (χ2n) is 6.92. The number of carbonyl (C=O) groups is 2. The summed E-state index contributed by atoms with van der Waals surface area (Å²) in [6.45, 7) is 3.07. The minimum absolute atomic E-state index is 0.181. The number of likely N-dealkylation sites (tertiary alicyclic amines) is 1. The van der Waals surface area contributed by atoms with Gasteiger partial charge in [-0.1, -0.05) is 32.6 Å². The lowest BCUT2D eigenvalue weighted by Crippen LogP contribution is -2.49. The minimum Gasteiger partial charge on any atom is -0.481 e. The van der Waals surface area contributed by atoms with Crippen LogP contribution in [0.2, 0.25) is 0 Å². The Bertz CT molecular complexity index is 374. The van der Waals surface area contributed by atoms with E-state index in [4.69, 9.17) is 0 Å². The van der Waals surface area contributed by atoms with Crippen molar-refractivity contribution in [3.8, 4) is 0 Å². The number of carboxylic acids is 1. The molecule has 1 N–H and O–H groups in total. The number of amides is 1. The van der Waals surface area contributed by atoms with E-state index < -0.39 is 11.4 Å². The number of hydrogen-bond donors (Lipinski definition) is 1. The first-order chi connectivity index (χ1) is 10.1. The van der Waals surface area contributed by atoms with Gasteiger partial charge in [0.2, 0.25) is 5.91 Å². The van der Waals surface area contributed by atoms with Crippen LogP contribution in [0.3, 0.4) is 0 Å². The third-order valence-corrected chi connectivity index (χ3v) is 5.50. The van der Waals surface area contributed by atoms with Crippen molar-refractivity contribution in [2.45, 2.75) is 71.1 Å². The summed E-state index contributed by atoms with van der Waals surface area (Å²) >= 11 is 0. The molecular formula is C17H29NO3. The quantitative estimate of drug-likeness (QED) is 0.808. The van der Waals surface area contributed by atoms with E-state index in [1.807, 2.05) is 11.8 Å². The number of carboxylic acid groups (broad SMARTS) is 1. The van der Waals surface area contributed by atoms with Crippen molar-refractivity contribution in [2.75, 3.05) is 13.1 Å². The predicted octanol–water partition coefficient (Wildman–Crippen LogP) is 3.45. The molecule has 0 spiro atoms. The number of carbonyl (C=O) groups excluding carboxylic acids is 1. The zero-order valence-corrected chi connectivity index (χ0v) is 13.3. The van der Waals surface area contributed by atoms with Crippen molar-refractivity contribution in [3.05, 3.63) is 0 Å². The molecule has 1 unspecified atom stereocenters. The fraction of sp³-hybridized carbons (Fsp3) is 0.882. The predicted molar refractivity (Wildman–Crippen MR) is 82.0 cm³/mol. The van der Waals surface area contributed by atoms with Crippen LogP contribution in [0.5, 0.6) is 0 Å². The van der Waals surface area contributed by atoms with Gasteiger partial charge in [-0.05, 0) is 38.0 Å². The zero-order chi connectivity index (χ0) is 15.3. The van der Waals surface area contributed by atoms with E-state index in [9.17, 15) is 14.7 Å². The van der Waals surface area contributed by atoms with Crippen molar-refractivity contribution in [2.24, 2.45) is 11.3 Å². The molecule has 1 atom stereocenters. The number of rotatable bonds is 4. The molecule has 4 heteroatoms. The van der Waals surface area contributed by atoms with Crippen molar-refractivity contribution < 1.29 is 14.7 Å². The van der Waals surface area contributed by atoms with E-state index >= 15 is 0 Å². The lowest BCUT2D eigenvalue weighted by Gasteiger charge is -2.39. The van der Waals surface area contributed by atoms with Crippen LogP contribution < -0.4 is 0 Å². The standard InChI is InChI=1S/C17H29NO3/c1-2-17(16(20)21)10-7-11-18(13-17)15(19)12-14-8-5-3-4-6-9-14/h14H,2-13H2,1H3,(H,20,21). The molecule has 1 saturated carbocycles. The van der Waals surface area contributed by atoms with Gasteiger partial charge in [0, 0.05) is 19.5 Å². The first-order valence-corrected chi connectivity index (χ1v) is 8.58. The largest absolute Gasteiger partial charge is 0.481 e. The summed E-state index contributed by atoms with van der Waals surface area (Å²) in [7, 11) is 0. The molecule has 2 fully saturated rings. The van der Waals surface area contributed by atoms with Crippen molar-refractivity contribution in [3.63, 3.8) is 0 Å². The van der Waals surface area contributed by atoms with Gasteiger partial charge in [0.25, 0.3) is 0 Å². The fourth-order valence-corrected chi connectivity index (χ4v) is 3.90. The van der Waals surface area contributed by atoms with Crippen LogP contribution in [0, 0.1) is 11.3 Å². The van der Waals surface area contributed by atoms with E-state index in [0.717, 1.165) is 25.8 Å². The number of nitrogens with zero attached hydrogens (tertiary/aromatic N) is 1. The van der Waals surface area contributed by atoms with E-state index in [0.29, 0.717) is 31.7 Å². The summed E-state index contributed by atoms with van der Waals surface area (Å²) in [6, 6.07) is 0. The van der Waals surface area contributed by atoms with Gasteiger partial charge >= 0.3 is 5.97 Å². The summed E-state index contributed by atoms with van der Waals surface area (Å²) in [5.74, 6) is -0.0413. The minimum atomic E-state index is -0.739. The molecule has 1 aliphatic heterocycles. The molecule has 21 heavy (non-hydrogen) atoms. The maximum absolute atomic E-state index is 12.5. The van der Waals surface area contributed by atoms with Gasteiger partial charge in [-0.3, -0.25) is 9.59 Å². The molecule has 1 aliphatic carbocycles. The SMILES string of the molecule is CCC1(C(=O)O)CCCN(C(=O)CC2CCCCCC2)C1. The Morgan fingerprint density at radius 1 is 1.14 bits per heavy atom. The normalized spacial score (nSPS) is 28.1. The Kier molecular flexibility index (Phi) is 5.65. The highest BCUT2D eigenvalue weighted by Crippen LogP contribution is 2.34. The van der Waals surface area contributed by atoms with Crippen molar-refractivity contribution in [1.29, 1.82) is 0 Å². The highest BCUT2D eigenvalue weighted by molar-refractivity contribution is 5.79. The Balaban J connectivity index is 1.93. The van der Waals surface area contributed by atoms with Gasteiger partial charge in [-0.25, -0.2) is 0 Å². The van der Waals surface area contributed by atoms with E-state index in [1.54, 1.807) is 0 Å². The van der Waals surface area contributed by atoms with Crippen LogP contribution in [0.4, 0.5) is 0 Å². The van der Waals surface area contributed by atoms with Gasteiger partial charge in [0.1, 0.15) is 0 Å². The second kappa shape index (κ2) is 7.28. The van der Waals surface area contributed by atoms with Gasteiger partial charge in [-0.2, -0.15) is 0 Å². The van der Waals surface area contributed by atoms with Crippen LogP contribution in [0.1, 0.15) is 71.1 Å². The van der Waals surface area contributed by atoms with Crippen LogP contribution in [0.25, 0.3) is 0 Å². The summed E-state index contributed by atoms with van der Waals surface area (Å²) < 4.78 is 0. The maximum Gasteiger partial charge on any atom is 0.311 e. The number of hydrogen-bond acceptors (Lipinski definition) is 2. The monoisotopic (exact) mass is 295 g/mol. The average Bonchev–Trinajstić information content (AvgIpc) is 2.75. The molecule has 4 nitrogen and oxygen atoms in total. The summed E-state index contributed by atoms with van der Waals surface area (Å²) in [5.41, 5.74) is -0.711. The maximum atomic E-state index is 12.5. The Hall–Kier alpha value is -1.06. The van der Waals surface area contributed by atoms with Gasteiger partial charge in [-0.15, -0.1) is 0 Å². The summed E-state index contributed by atoms with van der Waals surface area (Å²) in [6.07, 6.45) is 10.2.